The number of ether oxygens (including phenoxy) is 1. The molecule has 0 saturated heterocycles. The van der Waals surface area contributed by atoms with Gasteiger partial charge < -0.3 is 9.64 Å². The SMILES string of the molecule is CCC(=O)N1c2ccc(OC(F)(F)F)cc2C2C=CCC2C1c1ccc(Cl)cc1Cl. The van der Waals surface area contributed by atoms with Crippen molar-refractivity contribution in [2.24, 2.45) is 5.92 Å². The zero-order chi connectivity index (χ0) is 21.6. The van der Waals surface area contributed by atoms with E-state index in [1.807, 2.05) is 18.2 Å². The van der Waals surface area contributed by atoms with Crippen molar-refractivity contribution in [1.82, 2.24) is 0 Å². The molecule has 0 aromatic heterocycles. The Balaban J connectivity index is 1.88. The molecule has 4 rings (SSSR count). The largest absolute Gasteiger partial charge is 0.573 e. The number of rotatable bonds is 3. The first-order chi connectivity index (χ1) is 14.2. The molecule has 2 aliphatic rings. The molecule has 0 saturated carbocycles. The van der Waals surface area contributed by atoms with E-state index in [-0.39, 0.29) is 36.0 Å². The summed E-state index contributed by atoms with van der Waals surface area (Å²) in [6.07, 6.45) is 0.100. The number of carbonyl (C=O) groups excluding carboxylic acids is 1. The van der Waals surface area contributed by atoms with Crippen molar-refractivity contribution in [3.05, 3.63) is 69.7 Å². The molecule has 0 spiro atoms. The number of carbonyl (C=O) groups is 1. The Kier molecular flexibility index (Phi) is 5.49. The molecule has 8 heteroatoms. The van der Waals surface area contributed by atoms with Gasteiger partial charge in [0, 0.05) is 28.1 Å². The average Bonchev–Trinajstić information content (AvgIpc) is 3.15. The molecule has 1 heterocycles. The van der Waals surface area contributed by atoms with E-state index in [9.17, 15) is 18.0 Å². The molecule has 30 heavy (non-hydrogen) atoms. The van der Waals surface area contributed by atoms with E-state index in [0.29, 0.717) is 27.7 Å². The van der Waals surface area contributed by atoms with Crippen LogP contribution in [0.1, 0.15) is 42.9 Å². The standard InChI is InChI=1S/C22H18Cl2F3NO2/c1-2-20(29)28-19-9-7-13(30-22(25,26)27)11-17(19)14-4-3-5-15(14)21(28)16-8-6-12(23)10-18(16)24/h3-4,6-11,14-15,21H,2,5H2,1H3. The van der Waals surface area contributed by atoms with Crippen LogP contribution in [0.3, 0.4) is 0 Å². The molecule has 3 nitrogen and oxygen atoms in total. The molecule has 1 aliphatic carbocycles. The number of hydrogen-bond donors (Lipinski definition) is 0. The summed E-state index contributed by atoms with van der Waals surface area (Å²) >= 11 is 12.6. The minimum absolute atomic E-state index is 0.0622. The summed E-state index contributed by atoms with van der Waals surface area (Å²) in [6.45, 7) is 1.75. The van der Waals surface area contributed by atoms with Crippen LogP contribution in [-0.2, 0) is 4.79 Å². The Morgan fingerprint density at radius 1 is 1.17 bits per heavy atom. The highest BCUT2D eigenvalue weighted by Crippen LogP contribution is 2.55. The van der Waals surface area contributed by atoms with Crippen molar-refractivity contribution in [2.75, 3.05) is 4.90 Å². The van der Waals surface area contributed by atoms with Gasteiger partial charge >= 0.3 is 6.36 Å². The van der Waals surface area contributed by atoms with Crippen LogP contribution in [0.2, 0.25) is 10.0 Å². The number of halogens is 5. The van der Waals surface area contributed by atoms with Gasteiger partial charge in [-0.15, -0.1) is 13.2 Å². The van der Waals surface area contributed by atoms with Gasteiger partial charge in [0.15, 0.2) is 0 Å². The maximum Gasteiger partial charge on any atom is 0.573 e. The maximum absolute atomic E-state index is 13.0. The fraction of sp³-hybridized carbons (Fsp3) is 0.318. The van der Waals surface area contributed by atoms with Crippen LogP contribution < -0.4 is 9.64 Å². The summed E-state index contributed by atoms with van der Waals surface area (Å²) in [7, 11) is 0. The zero-order valence-corrected chi connectivity index (χ0v) is 17.4. The second-order valence-electron chi connectivity index (χ2n) is 7.35. The van der Waals surface area contributed by atoms with Crippen molar-refractivity contribution in [1.29, 1.82) is 0 Å². The van der Waals surface area contributed by atoms with E-state index in [1.54, 1.807) is 24.0 Å². The van der Waals surface area contributed by atoms with E-state index in [4.69, 9.17) is 23.2 Å². The Bertz CT molecular complexity index is 1020. The van der Waals surface area contributed by atoms with Crippen LogP contribution in [0.15, 0.2) is 48.6 Å². The van der Waals surface area contributed by atoms with Gasteiger partial charge in [0.25, 0.3) is 0 Å². The van der Waals surface area contributed by atoms with E-state index in [2.05, 4.69) is 4.74 Å². The van der Waals surface area contributed by atoms with Crippen molar-refractivity contribution in [2.45, 2.75) is 38.1 Å². The lowest BCUT2D eigenvalue weighted by Crippen LogP contribution is -2.43. The third-order valence-electron chi connectivity index (χ3n) is 5.60. The van der Waals surface area contributed by atoms with Crippen LogP contribution >= 0.6 is 23.2 Å². The van der Waals surface area contributed by atoms with Crippen LogP contribution in [-0.4, -0.2) is 12.3 Å². The highest BCUT2D eigenvalue weighted by Gasteiger charge is 2.45. The molecule has 1 aliphatic heterocycles. The summed E-state index contributed by atoms with van der Waals surface area (Å²) in [6, 6.07) is 8.96. The van der Waals surface area contributed by atoms with Crippen molar-refractivity contribution in [3.8, 4) is 5.75 Å². The molecule has 0 N–H and O–H groups in total. The van der Waals surface area contributed by atoms with E-state index < -0.39 is 6.36 Å². The second-order valence-corrected chi connectivity index (χ2v) is 8.19. The maximum atomic E-state index is 13.0. The number of allylic oxidation sites excluding steroid dienone is 2. The smallest absolute Gasteiger partial charge is 0.406 e. The minimum atomic E-state index is -4.79. The molecule has 0 fully saturated rings. The number of hydrogen-bond acceptors (Lipinski definition) is 2. The molecule has 158 valence electrons. The van der Waals surface area contributed by atoms with E-state index in [1.165, 1.54) is 18.2 Å². The van der Waals surface area contributed by atoms with Gasteiger partial charge in [-0.2, -0.15) is 0 Å². The Hall–Kier alpha value is -2.18. The third-order valence-corrected chi connectivity index (χ3v) is 6.16. The van der Waals surface area contributed by atoms with Crippen LogP contribution in [0.5, 0.6) is 5.75 Å². The predicted octanol–water partition coefficient (Wildman–Crippen LogP) is 7.05. The van der Waals surface area contributed by atoms with Crippen molar-refractivity contribution >= 4 is 34.8 Å². The normalized spacial score (nSPS) is 22.6. The lowest BCUT2D eigenvalue weighted by molar-refractivity contribution is -0.274. The fourth-order valence-corrected chi connectivity index (χ4v) is 4.98. The van der Waals surface area contributed by atoms with Gasteiger partial charge in [-0.05, 0) is 53.8 Å². The summed E-state index contributed by atoms with van der Waals surface area (Å²) in [5.74, 6) is -0.656. The van der Waals surface area contributed by atoms with Crippen LogP contribution in [0.4, 0.5) is 18.9 Å². The van der Waals surface area contributed by atoms with Crippen LogP contribution in [0, 0.1) is 5.92 Å². The lowest BCUT2D eigenvalue weighted by atomic mass is 9.75. The third kappa shape index (κ3) is 3.79. The summed E-state index contributed by atoms with van der Waals surface area (Å²) in [4.78, 5) is 14.7. The molecule has 1 amide bonds. The number of amides is 1. The quantitative estimate of drug-likeness (QED) is 0.464. The Morgan fingerprint density at radius 2 is 1.93 bits per heavy atom. The van der Waals surface area contributed by atoms with Crippen LogP contribution in [0.25, 0.3) is 0 Å². The number of anilines is 1. The highest BCUT2D eigenvalue weighted by molar-refractivity contribution is 6.35. The molecule has 3 atom stereocenters. The Labute approximate surface area is 182 Å². The van der Waals surface area contributed by atoms with Gasteiger partial charge in [-0.1, -0.05) is 48.3 Å². The highest BCUT2D eigenvalue weighted by atomic mass is 35.5. The van der Waals surface area contributed by atoms with Gasteiger partial charge in [0.1, 0.15) is 5.75 Å². The first-order valence-corrected chi connectivity index (χ1v) is 10.3. The molecule has 0 radical (unpaired) electrons. The summed E-state index contributed by atoms with van der Waals surface area (Å²) in [5, 5.41) is 0.941. The summed E-state index contributed by atoms with van der Waals surface area (Å²) < 4.78 is 42.3. The van der Waals surface area contributed by atoms with Gasteiger partial charge in [-0.25, -0.2) is 0 Å². The topological polar surface area (TPSA) is 29.5 Å². The molecule has 0 bridgehead atoms. The number of benzene rings is 2. The van der Waals surface area contributed by atoms with Gasteiger partial charge in [0.2, 0.25) is 5.91 Å². The minimum Gasteiger partial charge on any atom is -0.406 e. The van der Waals surface area contributed by atoms with Crippen molar-refractivity contribution < 1.29 is 22.7 Å². The molecule has 2 aromatic rings. The number of nitrogens with zero attached hydrogens (tertiary/aromatic N) is 1. The zero-order valence-electron chi connectivity index (χ0n) is 15.9. The summed E-state index contributed by atoms with van der Waals surface area (Å²) in [5.41, 5.74) is 1.97. The molecular weight excluding hydrogens is 438 g/mol. The fourth-order valence-electron chi connectivity index (χ4n) is 4.46. The van der Waals surface area contributed by atoms with Gasteiger partial charge in [0.05, 0.1) is 6.04 Å². The molecule has 2 aromatic carbocycles. The Morgan fingerprint density at radius 3 is 2.60 bits per heavy atom. The van der Waals surface area contributed by atoms with E-state index in [0.717, 1.165) is 5.56 Å². The number of fused-ring (bicyclic) bond motifs is 3. The molecular formula is C22H18Cl2F3NO2. The number of alkyl halides is 3. The lowest BCUT2D eigenvalue weighted by Gasteiger charge is -2.45. The average molecular weight is 456 g/mol. The first kappa shape index (κ1) is 21.1. The first-order valence-electron chi connectivity index (χ1n) is 9.53. The van der Waals surface area contributed by atoms with Crippen molar-refractivity contribution in [3.63, 3.8) is 0 Å². The van der Waals surface area contributed by atoms with Gasteiger partial charge in [-0.3, -0.25) is 4.79 Å². The molecule has 3 unspecified atom stereocenters. The monoisotopic (exact) mass is 455 g/mol. The van der Waals surface area contributed by atoms with E-state index >= 15 is 0 Å². The second kappa shape index (κ2) is 7.82. The predicted molar refractivity (Wildman–Crippen MR) is 110 cm³/mol.